The zero-order valence-electron chi connectivity index (χ0n) is 21.9. The van der Waals surface area contributed by atoms with E-state index in [2.05, 4.69) is 20.6 Å². The molecule has 1 heterocycles. The van der Waals surface area contributed by atoms with Crippen LogP contribution in [0.3, 0.4) is 0 Å². The van der Waals surface area contributed by atoms with E-state index < -0.39 is 0 Å². The number of aromatic nitrogens is 2. The number of benzene rings is 2. The highest BCUT2D eigenvalue weighted by Crippen LogP contribution is 2.34. The Morgan fingerprint density at radius 2 is 1.89 bits per heavy atom. The van der Waals surface area contributed by atoms with Crippen LogP contribution in [0.15, 0.2) is 48.8 Å². The van der Waals surface area contributed by atoms with Gasteiger partial charge in [-0.2, -0.15) is 0 Å². The van der Waals surface area contributed by atoms with Crippen LogP contribution in [0.4, 0.5) is 17.2 Å². The van der Waals surface area contributed by atoms with Gasteiger partial charge in [-0.05, 0) is 52.2 Å². The predicted molar refractivity (Wildman–Crippen MR) is 149 cm³/mol. The monoisotopic (exact) mass is 541 g/mol. The second-order valence-corrected chi connectivity index (χ2v) is 8.96. The Morgan fingerprint density at radius 1 is 1.08 bits per heavy atom. The molecular weight excluding hydrogens is 510 g/mol. The number of nitrogens with one attached hydrogen (secondary N) is 2. The first kappa shape index (κ1) is 28.8. The van der Waals surface area contributed by atoms with E-state index in [4.69, 9.17) is 25.8 Å². The molecule has 11 heteroatoms. The Balaban J connectivity index is 1.90. The van der Waals surface area contributed by atoms with Crippen LogP contribution in [0.2, 0.25) is 5.02 Å². The van der Waals surface area contributed by atoms with Gasteiger partial charge in [0.25, 0.3) is 0 Å². The first-order chi connectivity index (χ1) is 18.3. The topological polar surface area (TPSA) is 115 Å². The summed E-state index contributed by atoms with van der Waals surface area (Å²) in [6.07, 6.45) is 4.69. The van der Waals surface area contributed by atoms with Crippen molar-refractivity contribution in [1.29, 1.82) is 0 Å². The molecule has 0 radical (unpaired) electrons. The maximum Gasteiger partial charge on any atom is 0.248 e. The molecule has 0 aliphatic carbocycles. The van der Waals surface area contributed by atoms with E-state index in [1.54, 1.807) is 36.4 Å². The van der Waals surface area contributed by atoms with E-state index >= 15 is 0 Å². The van der Waals surface area contributed by atoms with Gasteiger partial charge in [0.2, 0.25) is 5.91 Å². The maximum absolute atomic E-state index is 12.6. The van der Waals surface area contributed by atoms with Gasteiger partial charge in [0.1, 0.15) is 36.9 Å². The van der Waals surface area contributed by atoms with Gasteiger partial charge in [0.15, 0.2) is 5.78 Å². The van der Waals surface area contributed by atoms with E-state index in [0.29, 0.717) is 71.0 Å². The number of anilines is 3. The summed E-state index contributed by atoms with van der Waals surface area (Å²) in [5, 5.41) is 7.13. The third-order valence-electron chi connectivity index (χ3n) is 5.05. The smallest absolute Gasteiger partial charge is 0.248 e. The van der Waals surface area contributed by atoms with Crippen LogP contribution in [0.25, 0.3) is 10.9 Å². The zero-order chi connectivity index (χ0) is 27.5. The molecule has 0 atom stereocenters. The van der Waals surface area contributed by atoms with Crippen molar-refractivity contribution in [2.45, 2.75) is 13.8 Å². The number of fused-ring (bicyclic) bond motifs is 1. The molecule has 38 heavy (non-hydrogen) atoms. The molecule has 202 valence electrons. The Labute approximate surface area is 226 Å². The summed E-state index contributed by atoms with van der Waals surface area (Å²) in [6, 6.07) is 8.62. The van der Waals surface area contributed by atoms with E-state index in [0.717, 1.165) is 0 Å². The third kappa shape index (κ3) is 8.69. The van der Waals surface area contributed by atoms with Gasteiger partial charge >= 0.3 is 0 Å². The van der Waals surface area contributed by atoms with Gasteiger partial charge in [-0.15, -0.1) is 0 Å². The number of carbonyl (C=O) groups is 2. The number of hydrogen-bond donors (Lipinski definition) is 2. The first-order valence-electron chi connectivity index (χ1n) is 12.1. The quantitative estimate of drug-likeness (QED) is 0.225. The molecule has 0 spiro atoms. The van der Waals surface area contributed by atoms with Crippen LogP contribution in [0, 0.1) is 0 Å². The number of ether oxygens (including phenoxy) is 3. The summed E-state index contributed by atoms with van der Waals surface area (Å²) in [4.78, 5) is 34.5. The number of Topliss-reactive ketones (excluding diaryl/α,β-unsaturated/α-hetero) is 1. The highest BCUT2D eigenvalue weighted by atomic mass is 35.5. The van der Waals surface area contributed by atoms with E-state index in [9.17, 15) is 9.59 Å². The predicted octanol–water partition coefficient (Wildman–Crippen LogP) is 4.47. The Bertz CT molecular complexity index is 1300. The van der Waals surface area contributed by atoms with Crippen molar-refractivity contribution in [3.05, 3.63) is 53.8 Å². The van der Waals surface area contributed by atoms with Crippen molar-refractivity contribution < 1.29 is 23.8 Å². The SMILES string of the molecule is CCOCCOc1cc2ncnc(Nc3ccc(OCC(C)=O)c(Cl)c3)c2cc1NC(=O)/C=C/CN(C)C. The van der Waals surface area contributed by atoms with Crippen molar-refractivity contribution in [3.8, 4) is 11.5 Å². The van der Waals surface area contributed by atoms with E-state index in [1.807, 2.05) is 25.9 Å². The second-order valence-electron chi connectivity index (χ2n) is 8.55. The van der Waals surface area contributed by atoms with Gasteiger partial charge in [-0.1, -0.05) is 17.7 Å². The molecule has 1 amide bonds. The number of halogens is 1. The molecule has 3 aromatic rings. The fourth-order valence-corrected chi connectivity index (χ4v) is 3.55. The summed E-state index contributed by atoms with van der Waals surface area (Å²) < 4.78 is 16.7. The van der Waals surface area contributed by atoms with Gasteiger partial charge in [-0.3, -0.25) is 9.59 Å². The fraction of sp³-hybridized carbons (Fsp3) is 0.333. The molecule has 0 aliphatic heterocycles. The maximum atomic E-state index is 12.6. The minimum atomic E-state index is -0.292. The number of rotatable bonds is 14. The van der Waals surface area contributed by atoms with Crippen LogP contribution < -0.4 is 20.1 Å². The molecule has 2 N–H and O–H groups in total. The summed E-state index contributed by atoms with van der Waals surface area (Å²) in [5.74, 6) is 0.975. The molecule has 0 unspecified atom stereocenters. The molecule has 10 nitrogen and oxygen atoms in total. The van der Waals surface area contributed by atoms with Crippen molar-refractivity contribution in [3.63, 3.8) is 0 Å². The highest BCUT2D eigenvalue weighted by Gasteiger charge is 2.14. The number of likely N-dealkylation sites (N-methyl/N-ethyl adjacent to an activating group) is 1. The Kier molecular flexibility index (Phi) is 10.8. The fourth-order valence-electron chi connectivity index (χ4n) is 3.31. The molecular formula is C27H32ClN5O5. The molecule has 3 rings (SSSR count). The molecule has 0 saturated heterocycles. The van der Waals surface area contributed by atoms with E-state index in [1.165, 1.54) is 19.3 Å². The first-order valence-corrected chi connectivity index (χ1v) is 12.4. The number of nitrogens with zero attached hydrogens (tertiary/aromatic N) is 3. The Hall–Kier alpha value is -3.73. The lowest BCUT2D eigenvalue weighted by molar-refractivity contribution is -0.119. The standard InChI is InChI=1S/C27H32ClN5O5/c1-5-36-11-12-37-25-15-22-20(14-23(25)32-26(35)7-6-10-33(3)4)27(30-17-29-22)31-19-8-9-24(21(28)13-19)38-16-18(2)34/h6-9,13-15,17H,5,10-12,16H2,1-4H3,(H,32,35)(H,29,30,31)/b7-6+. The lowest BCUT2D eigenvalue weighted by Gasteiger charge is -2.15. The molecule has 0 fully saturated rings. The molecule has 0 aliphatic rings. The normalized spacial score (nSPS) is 11.2. The second kappa shape index (κ2) is 14.3. The van der Waals surface area contributed by atoms with Crippen LogP contribution in [-0.4, -0.2) is 73.6 Å². The lowest BCUT2D eigenvalue weighted by atomic mass is 10.1. The molecule has 0 saturated carbocycles. The van der Waals surface area contributed by atoms with Gasteiger partial charge in [0, 0.05) is 36.4 Å². The van der Waals surface area contributed by atoms with Gasteiger partial charge < -0.3 is 29.7 Å². The van der Waals surface area contributed by atoms with Gasteiger partial charge in [0.05, 0.1) is 22.8 Å². The highest BCUT2D eigenvalue weighted by molar-refractivity contribution is 6.32. The average molecular weight is 542 g/mol. The lowest BCUT2D eigenvalue weighted by Crippen LogP contribution is -2.14. The molecule has 2 aromatic carbocycles. The summed E-state index contributed by atoms with van der Waals surface area (Å²) in [6.45, 7) is 5.23. The molecule has 1 aromatic heterocycles. The van der Waals surface area contributed by atoms with Crippen LogP contribution in [-0.2, 0) is 14.3 Å². The Morgan fingerprint density at radius 3 is 2.61 bits per heavy atom. The van der Waals surface area contributed by atoms with E-state index in [-0.39, 0.29) is 18.3 Å². The van der Waals surface area contributed by atoms with Crippen molar-refractivity contribution in [2.75, 3.05) is 57.7 Å². The summed E-state index contributed by atoms with van der Waals surface area (Å²) in [7, 11) is 3.84. The average Bonchev–Trinajstić information content (AvgIpc) is 2.86. The number of hydrogen-bond acceptors (Lipinski definition) is 9. The van der Waals surface area contributed by atoms with Crippen LogP contribution in [0.1, 0.15) is 13.8 Å². The molecule has 0 bridgehead atoms. The van der Waals surface area contributed by atoms with Crippen molar-refractivity contribution >= 4 is 51.4 Å². The van der Waals surface area contributed by atoms with Crippen molar-refractivity contribution in [2.24, 2.45) is 0 Å². The minimum absolute atomic E-state index is 0.0587. The van der Waals surface area contributed by atoms with Crippen molar-refractivity contribution in [1.82, 2.24) is 14.9 Å². The van der Waals surface area contributed by atoms with Gasteiger partial charge in [-0.25, -0.2) is 9.97 Å². The van der Waals surface area contributed by atoms with Crippen LogP contribution in [0.5, 0.6) is 11.5 Å². The van der Waals surface area contributed by atoms with Crippen LogP contribution >= 0.6 is 11.6 Å². The number of amides is 1. The minimum Gasteiger partial charge on any atom is -0.489 e. The number of carbonyl (C=O) groups excluding carboxylic acids is 2. The third-order valence-corrected chi connectivity index (χ3v) is 5.34. The summed E-state index contributed by atoms with van der Waals surface area (Å²) in [5.41, 5.74) is 1.74. The largest absolute Gasteiger partial charge is 0.489 e. The number of ketones is 1. The summed E-state index contributed by atoms with van der Waals surface area (Å²) >= 11 is 6.34. The zero-order valence-corrected chi connectivity index (χ0v) is 22.7.